The van der Waals surface area contributed by atoms with Crippen LogP contribution >= 0.6 is 0 Å². The molecule has 0 fully saturated rings. The second-order valence-corrected chi connectivity index (χ2v) is 5.87. The molecule has 1 rings (SSSR count). The summed E-state index contributed by atoms with van der Waals surface area (Å²) < 4.78 is 1.78. The summed E-state index contributed by atoms with van der Waals surface area (Å²) in [7, 11) is 4.00. The smallest absolute Gasteiger partial charge is 0.320 e. The third-order valence-corrected chi connectivity index (χ3v) is 2.97. The predicted molar refractivity (Wildman–Crippen MR) is 83.3 cm³/mol. The number of carbonyl (C=O) groups excluding carboxylic acids is 1. The summed E-state index contributed by atoms with van der Waals surface area (Å²) in [6.45, 7) is 5.68. The number of amides is 2. The molecule has 0 saturated carbocycles. The molecule has 0 spiro atoms. The maximum absolute atomic E-state index is 11.8. The van der Waals surface area contributed by atoms with Gasteiger partial charge in [0.15, 0.2) is 5.82 Å². The largest absolute Gasteiger partial charge is 0.394 e. The lowest BCUT2D eigenvalue weighted by atomic mass is 10.0. The van der Waals surface area contributed by atoms with Crippen LogP contribution in [0.4, 0.5) is 10.6 Å². The van der Waals surface area contributed by atoms with Crippen LogP contribution in [0.25, 0.3) is 0 Å². The summed E-state index contributed by atoms with van der Waals surface area (Å²) in [5, 5.41) is 19.0. The molecule has 120 valence electrons. The van der Waals surface area contributed by atoms with Crippen molar-refractivity contribution in [2.24, 2.45) is 5.92 Å². The Balaban J connectivity index is 2.43. The maximum Gasteiger partial charge on any atom is 0.320 e. The molecule has 0 aromatic carbocycles. The monoisotopic (exact) mass is 297 g/mol. The van der Waals surface area contributed by atoms with Crippen molar-refractivity contribution in [3.63, 3.8) is 0 Å². The van der Waals surface area contributed by atoms with Crippen molar-refractivity contribution in [3.05, 3.63) is 12.3 Å². The van der Waals surface area contributed by atoms with Gasteiger partial charge in [-0.2, -0.15) is 5.10 Å². The molecule has 21 heavy (non-hydrogen) atoms. The number of urea groups is 1. The van der Waals surface area contributed by atoms with Gasteiger partial charge in [0.25, 0.3) is 0 Å². The number of carbonyl (C=O) groups is 1. The van der Waals surface area contributed by atoms with Crippen molar-refractivity contribution in [2.75, 3.05) is 32.6 Å². The fourth-order valence-corrected chi connectivity index (χ4v) is 1.94. The highest BCUT2D eigenvalue weighted by Gasteiger charge is 2.13. The third-order valence-electron chi connectivity index (χ3n) is 2.97. The summed E-state index contributed by atoms with van der Waals surface area (Å²) in [6, 6.07) is 1.18. The number of likely N-dealkylation sites (N-methyl/N-ethyl adjacent to an activating group) is 1. The van der Waals surface area contributed by atoms with Gasteiger partial charge in [-0.15, -0.1) is 0 Å². The number of nitrogens with one attached hydrogen (secondary N) is 2. The minimum atomic E-state index is -0.340. The molecule has 0 bridgehead atoms. The van der Waals surface area contributed by atoms with Gasteiger partial charge in [0.1, 0.15) is 0 Å². The number of anilines is 1. The van der Waals surface area contributed by atoms with Crippen LogP contribution < -0.4 is 10.6 Å². The van der Waals surface area contributed by atoms with Crippen LogP contribution in [-0.4, -0.2) is 59.1 Å². The van der Waals surface area contributed by atoms with Gasteiger partial charge in [0, 0.05) is 18.8 Å². The molecule has 0 radical (unpaired) electrons. The maximum atomic E-state index is 11.8. The molecule has 2 amide bonds. The van der Waals surface area contributed by atoms with Gasteiger partial charge in [-0.05, 0) is 26.4 Å². The van der Waals surface area contributed by atoms with Crippen LogP contribution in [-0.2, 0) is 6.54 Å². The molecular weight excluding hydrogens is 270 g/mol. The Morgan fingerprint density at radius 2 is 2.19 bits per heavy atom. The lowest BCUT2D eigenvalue weighted by Crippen LogP contribution is -2.41. The zero-order chi connectivity index (χ0) is 15.8. The first-order valence-electron chi connectivity index (χ1n) is 7.27. The fraction of sp³-hybridized carbons (Fsp3) is 0.714. The lowest BCUT2D eigenvalue weighted by Gasteiger charge is -2.18. The van der Waals surface area contributed by atoms with E-state index >= 15 is 0 Å². The van der Waals surface area contributed by atoms with E-state index in [1.54, 1.807) is 10.7 Å². The van der Waals surface area contributed by atoms with Crippen LogP contribution in [0.2, 0.25) is 0 Å². The Morgan fingerprint density at radius 1 is 1.48 bits per heavy atom. The number of nitrogens with zero attached hydrogens (tertiary/aromatic N) is 3. The number of rotatable bonds is 8. The summed E-state index contributed by atoms with van der Waals surface area (Å²) in [4.78, 5) is 13.9. The molecule has 0 aliphatic rings. The lowest BCUT2D eigenvalue weighted by molar-refractivity contribution is 0.214. The van der Waals surface area contributed by atoms with Crippen molar-refractivity contribution < 1.29 is 9.90 Å². The van der Waals surface area contributed by atoms with E-state index in [-0.39, 0.29) is 18.7 Å². The summed E-state index contributed by atoms with van der Waals surface area (Å²) in [6.07, 6.45) is 2.57. The van der Waals surface area contributed by atoms with Crippen LogP contribution in [0.3, 0.4) is 0 Å². The van der Waals surface area contributed by atoms with E-state index in [2.05, 4.69) is 34.5 Å². The normalized spacial score (nSPS) is 12.7. The first-order chi connectivity index (χ1) is 9.90. The van der Waals surface area contributed by atoms with Gasteiger partial charge >= 0.3 is 6.03 Å². The van der Waals surface area contributed by atoms with Crippen molar-refractivity contribution in [1.82, 2.24) is 20.0 Å². The van der Waals surface area contributed by atoms with Crippen molar-refractivity contribution in [2.45, 2.75) is 32.9 Å². The van der Waals surface area contributed by atoms with Gasteiger partial charge < -0.3 is 15.3 Å². The SMILES string of the molecule is CC(C)CC(CO)NC(=O)Nc1ccn(CCN(C)C)n1. The fourth-order valence-electron chi connectivity index (χ4n) is 1.94. The Bertz CT molecular complexity index is 431. The molecule has 1 aromatic heterocycles. The number of aliphatic hydroxyl groups excluding tert-OH is 1. The van der Waals surface area contributed by atoms with Crippen molar-refractivity contribution in [3.8, 4) is 0 Å². The van der Waals surface area contributed by atoms with Crippen LogP contribution in [0.1, 0.15) is 20.3 Å². The Hall–Kier alpha value is -1.60. The topological polar surface area (TPSA) is 82.4 Å². The van der Waals surface area contributed by atoms with Crippen molar-refractivity contribution in [1.29, 1.82) is 0 Å². The van der Waals surface area contributed by atoms with E-state index < -0.39 is 0 Å². The number of aliphatic hydroxyl groups is 1. The standard InChI is InChI=1S/C14H27N5O2/c1-11(2)9-12(10-20)15-14(21)16-13-5-6-19(17-13)8-7-18(3)4/h5-6,11-12,20H,7-10H2,1-4H3,(H2,15,16,17,21). The first kappa shape index (κ1) is 17.5. The highest BCUT2D eigenvalue weighted by molar-refractivity contribution is 5.88. The first-order valence-corrected chi connectivity index (χ1v) is 7.27. The Morgan fingerprint density at radius 3 is 2.76 bits per heavy atom. The summed E-state index contributed by atoms with van der Waals surface area (Å²) >= 11 is 0. The summed E-state index contributed by atoms with van der Waals surface area (Å²) in [5.41, 5.74) is 0. The molecule has 1 unspecified atom stereocenters. The summed E-state index contributed by atoms with van der Waals surface area (Å²) in [5.74, 6) is 0.917. The van der Waals surface area contributed by atoms with Gasteiger partial charge in [0.05, 0.1) is 19.2 Å². The zero-order valence-corrected chi connectivity index (χ0v) is 13.3. The van der Waals surface area contributed by atoms with Gasteiger partial charge in [-0.25, -0.2) is 4.79 Å². The Labute approximate surface area is 126 Å². The number of aromatic nitrogens is 2. The second-order valence-electron chi connectivity index (χ2n) is 5.87. The molecule has 7 nitrogen and oxygen atoms in total. The molecule has 0 saturated heterocycles. The quantitative estimate of drug-likeness (QED) is 0.668. The average Bonchev–Trinajstić information content (AvgIpc) is 2.82. The molecule has 3 N–H and O–H groups in total. The van der Waals surface area contributed by atoms with E-state index in [0.717, 1.165) is 19.5 Å². The number of hydrogen-bond donors (Lipinski definition) is 3. The minimum Gasteiger partial charge on any atom is -0.394 e. The average molecular weight is 297 g/mol. The number of hydrogen-bond acceptors (Lipinski definition) is 4. The molecule has 1 heterocycles. The van der Waals surface area contributed by atoms with Crippen LogP contribution in [0.5, 0.6) is 0 Å². The minimum absolute atomic E-state index is 0.0666. The molecule has 7 heteroatoms. The molecule has 1 aromatic rings. The van der Waals surface area contributed by atoms with E-state index in [9.17, 15) is 9.90 Å². The highest BCUT2D eigenvalue weighted by atomic mass is 16.3. The predicted octanol–water partition coefficient (Wildman–Crippen LogP) is 0.973. The molecule has 0 aliphatic carbocycles. The van der Waals surface area contributed by atoms with Gasteiger partial charge in [-0.3, -0.25) is 10.00 Å². The van der Waals surface area contributed by atoms with E-state index in [1.165, 1.54) is 0 Å². The Kier molecular flexibility index (Phi) is 7.18. The third kappa shape index (κ3) is 7.10. The van der Waals surface area contributed by atoms with Gasteiger partial charge in [-0.1, -0.05) is 13.8 Å². The highest BCUT2D eigenvalue weighted by Crippen LogP contribution is 2.06. The van der Waals surface area contributed by atoms with Gasteiger partial charge in [0.2, 0.25) is 0 Å². The van der Waals surface area contributed by atoms with E-state index in [1.807, 2.05) is 20.3 Å². The van der Waals surface area contributed by atoms with Crippen molar-refractivity contribution >= 4 is 11.8 Å². The second kappa shape index (κ2) is 8.63. The zero-order valence-electron chi connectivity index (χ0n) is 13.3. The molecular formula is C14H27N5O2. The molecule has 0 aliphatic heterocycles. The molecule has 1 atom stereocenters. The van der Waals surface area contributed by atoms with Crippen LogP contribution in [0, 0.1) is 5.92 Å². The van der Waals surface area contributed by atoms with E-state index in [4.69, 9.17) is 0 Å². The van der Waals surface area contributed by atoms with Crippen LogP contribution in [0.15, 0.2) is 12.3 Å². The van der Waals surface area contributed by atoms with E-state index in [0.29, 0.717) is 11.7 Å².